The quantitative estimate of drug-likeness (QED) is 0.704. The molecule has 5 nitrogen and oxygen atoms in total. The Balaban J connectivity index is 1.68. The highest BCUT2D eigenvalue weighted by molar-refractivity contribution is 8.03. The number of aryl methyl sites for hydroxylation is 1. The molecule has 0 bridgehead atoms. The number of thiocyanates is 1. The number of ether oxygens (including phenoxy) is 2. The molecule has 2 atom stereocenters. The van der Waals surface area contributed by atoms with Gasteiger partial charge in [0.2, 0.25) is 0 Å². The second kappa shape index (κ2) is 8.04. The number of hydrogen-bond donors (Lipinski definition) is 0. The molecule has 1 aliphatic rings. The first-order valence-corrected chi connectivity index (χ1v) is 9.08. The van der Waals surface area contributed by atoms with Crippen molar-refractivity contribution in [2.24, 2.45) is 0 Å². The summed E-state index contributed by atoms with van der Waals surface area (Å²) >= 11 is 7.14. The molecule has 1 aliphatic heterocycles. The zero-order chi connectivity index (χ0) is 16.8. The van der Waals surface area contributed by atoms with Gasteiger partial charge in [0.1, 0.15) is 5.40 Å². The number of hydrogen-bond acceptors (Lipinski definition) is 5. The summed E-state index contributed by atoms with van der Waals surface area (Å²) in [5.74, 6) is -0.0792. The molecule has 0 N–H and O–H groups in total. The van der Waals surface area contributed by atoms with Gasteiger partial charge in [0.05, 0.1) is 25.6 Å². The average Bonchev–Trinajstić information content (AvgIpc) is 3.23. The third-order valence-corrected chi connectivity index (χ3v) is 4.86. The maximum absolute atomic E-state index is 8.73. The average molecular weight is 364 g/mol. The Morgan fingerprint density at radius 1 is 1.42 bits per heavy atom. The van der Waals surface area contributed by atoms with E-state index in [1.54, 1.807) is 12.5 Å². The Hall–Kier alpha value is -1.52. The van der Waals surface area contributed by atoms with Crippen LogP contribution in [-0.2, 0) is 22.4 Å². The van der Waals surface area contributed by atoms with Crippen molar-refractivity contribution >= 4 is 23.4 Å². The second-order valence-electron chi connectivity index (χ2n) is 5.73. The molecule has 126 valence electrons. The summed E-state index contributed by atoms with van der Waals surface area (Å²) in [6.45, 7) is 1.08. The van der Waals surface area contributed by atoms with Crippen LogP contribution in [0.2, 0.25) is 5.02 Å². The van der Waals surface area contributed by atoms with Gasteiger partial charge in [0.15, 0.2) is 5.79 Å². The van der Waals surface area contributed by atoms with Crippen molar-refractivity contribution in [1.29, 1.82) is 5.26 Å². The molecule has 1 fully saturated rings. The molecule has 1 aromatic heterocycles. The molecular weight excluding hydrogens is 346 g/mol. The highest BCUT2D eigenvalue weighted by Crippen LogP contribution is 2.32. The van der Waals surface area contributed by atoms with Crippen molar-refractivity contribution in [1.82, 2.24) is 9.55 Å². The van der Waals surface area contributed by atoms with Crippen LogP contribution < -0.4 is 0 Å². The topological polar surface area (TPSA) is 60.1 Å². The maximum atomic E-state index is 8.73. The van der Waals surface area contributed by atoms with Gasteiger partial charge < -0.3 is 14.0 Å². The molecule has 0 aliphatic carbocycles. The third kappa shape index (κ3) is 4.52. The van der Waals surface area contributed by atoms with Crippen molar-refractivity contribution < 1.29 is 9.47 Å². The van der Waals surface area contributed by atoms with Crippen LogP contribution in [0.1, 0.15) is 12.0 Å². The van der Waals surface area contributed by atoms with E-state index < -0.39 is 5.79 Å². The van der Waals surface area contributed by atoms with Crippen LogP contribution in [0.15, 0.2) is 43.0 Å². The summed E-state index contributed by atoms with van der Waals surface area (Å²) in [6, 6.07) is 7.82. The highest BCUT2D eigenvalue weighted by Gasteiger charge is 2.41. The summed E-state index contributed by atoms with van der Waals surface area (Å²) in [5.41, 5.74) is 1.19. The monoisotopic (exact) mass is 363 g/mol. The molecule has 1 saturated heterocycles. The first-order chi connectivity index (χ1) is 11.7. The van der Waals surface area contributed by atoms with Gasteiger partial charge in [-0.3, -0.25) is 0 Å². The van der Waals surface area contributed by atoms with E-state index in [4.69, 9.17) is 26.3 Å². The molecule has 0 amide bonds. The molecule has 2 heterocycles. The van der Waals surface area contributed by atoms with E-state index in [1.165, 1.54) is 17.3 Å². The Labute approximate surface area is 150 Å². The first kappa shape index (κ1) is 17.3. The standard InChI is InChI=1S/C17H18ClN3O2S/c18-15-3-1-14(2-4-15)5-6-17(11-21-8-7-20-13-21)22-9-16(23-17)10-24-12-19/h1-4,7-8,13,16H,5-6,9-11H2/t16-,17+/m0/s1. The SMILES string of the molecule is N#CSC[C@@H]1CO[C@@](CCc2ccc(Cl)cc2)(Cn2ccnc2)O1. The molecule has 24 heavy (non-hydrogen) atoms. The summed E-state index contributed by atoms with van der Waals surface area (Å²) < 4.78 is 14.2. The molecular formula is C17H18ClN3O2S. The van der Waals surface area contributed by atoms with Crippen LogP contribution in [0, 0.1) is 10.7 Å². The van der Waals surface area contributed by atoms with E-state index >= 15 is 0 Å². The van der Waals surface area contributed by atoms with E-state index in [-0.39, 0.29) is 6.10 Å². The van der Waals surface area contributed by atoms with E-state index in [2.05, 4.69) is 10.4 Å². The molecule has 0 spiro atoms. The zero-order valence-electron chi connectivity index (χ0n) is 13.1. The number of benzene rings is 1. The highest BCUT2D eigenvalue weighted by atomic mass is 35.5. The zero-order valence-corrected chi connectivity index (χ0v) is 14.7. The van der Waals surface area contributed by atoms with Gasteiger partial charge >= 0.3 is 0 Å². The lowest BCUT2D eigenvalue weighted by molar-refractivity contribution is -0.180. The number of imidazole rings is 1. The fraction of sp³-hybridized carbons (Fsp3) is 0.412. The van der Waals surface area contributed by atoms with Gasteiger partial charge in [-0.1, -0.05) is 23.7 Å². The van der Waals surface area contributed by atoms with Gasteiger partial charge in [-0.2, -0.15) is 5.26 Å². The largest absolute Gasteiger partial charge is 0.345 e. The summed E-state index contributed by atoms with van der Waals surface area (Å²) in [4.78, 5) is 4.08. The Morgan fingerprint density at radius 2 is 2.25 bits per heavy atom. The van der Waals surface area contributed by atoms with Crippen molar-refractivity contribution in [3.05, 3.63) is 53.6 Å². The van der Waals surface area contributed by atoms with Gasteiger partial charge in [-0.05, 0) is 35.9 Å². The van der Waals surface area contributed by atoms with Crippen molar-refractivity contribution in [3.63, 3.8) is 0 Å². The van der Waals surface area contributed by atoms with Crippen LogP contribution in [0.3, 0.4) is 0 Å². The van der Waals surface area contributed by atoms with Crippen LogP contribution in [0.4, 0.5) is 0 Å². The van der Waals surface area contributed by atoms with Gasteiger partial charge in [-0.25, -0.2) is 4.98 Å². The van der Waals surface area contributed by atoms with E-state index in [9.17, 15) is 0 Å². The number of nitriles is 1. The van der Waals surface area contributed by atoms with Crippen LogP contribution >= 0.6 is 23.4 Å². The number of halogens is 1. The Morgan fingerprint density at radius 3 is 2.96 bits per heavy atom. The van der Waals surface area contributed by atoms with Crippen LogP contribution in [-0.4, -0.2) is 33.8 Å². The van der Waals surface area contributed by atoms with E-state index in [0.717, 1.165) is 17.9 Å². The lowest BCUT2D eigenvalue weighted by Gasteiger charge is -2.28. The van der Waals surface area contributed by atoms with Gasteiger partial charge in [0, 0.05) is 29.6 Å². The smallest absolute Gasteiger partial charge is 0.187 e. The maximum Gasteiger partial charge on any atom is 0.187 e. The van der Waals surface area contributed by atoms with E-state index in [0.29, 0.717) is 18.9 Å². The van der Waals surface area contributed by atoms with Crippen molar-refractivity contribution in [2.75, 3.05) is 12.4 Å². The summed E-state index contributed by atoms with van der Waals surface area (Å²) in [7, 11) is 0. The molecule has 0 radical (unpaired) electrons. The first-order valence-electron chi connectivity index (χ1n) is 7.72. The van der Waals surface area contributed by atoms with Gasteiger partial charge in [-0.15, -0.1) is 0 Å². The number of nitrogens with zero attached hydrogens (tertiary/aromatic N) is 3. The van der Waals surface area contributed by atoms with E-state index in [1.807, 2.05) is 35.0 Å². The fourth-order valence-electron chi connectivity index (χ4n) is 2.77. The fourth-order valence-corrected chi connectivity index (χ4v) is 3.32. The second-order valence-corrected chi connectivity index (χ2v) is 6.97. The summed E-state index contributed by atoms with van der Waals surface area (Å²) in [6.07, 6.45) is 6.88. The minimum Gasteiger partial charge on any atom is -0.345 e. The molecule has 0 unspecified atom stereocenters. The Kier molecular flexibility index (Phi) is 5.80. The number of aromatic nitrogens is 2. The minimum absolute atomic E-state index is 0.0663. The lowest BCUT2D eigenvalue weighted by Crippen LogP contribution is -2.37. The molecule has 1 aromatic carbocycles. The van der Waals surface area contributed by atoms with Crippen molar-refractivity contribution in [3.8, 4) is 5.40 Å². The molecule has 3 rings (SSSR count). The minimum atomic E-state index is -0.693. The Bertz CT molecular complexity index is 687. The lowest BCUT2D eigenvalue weighted by atomic mass is 10.0. The number of thioether (sulfide) groups is 1. The van der Waals surface area contributed by atoms with Gasteiger partial charge in [0.25, 0.3) is 0 Å². The third-order valence-electron chi connectivity index (χ3n) is 3.94. The van der Waals surface area contributed by atoms with Crippen LogP contribution in [0.5, 0.6) is 0 Å². The predicted molar refractivity (Wildman–Crippen MR) is 93.6 cm³/mol. The molecule has 2 aromatic rings. The molecule has 0 saturated carbocycles. The molecule has 7 heteroatoms. The van der Waals surface area contributed by atoms with Crippen molar-refractivity contribution in [2.45, 2.75) is 31.3 Å². The van der Waals surface area contributed by atoms with Crippen LogP contribution in [0.25, 0.3) is 0 Å². The predicted octanol–water partition coefficient (Wildman–Crippen LogP) is 3.50. The number of rotatable bonds is 7. The normalized spacial score (nSPS) is 23.2. The summed E-state index contributed by atoms with van der Waals surface area (Å²) in [5, 5.41) is 11.5.